The Kier molecular flexibility index (Phi) is 5.21. The maximum atomic E-state index is 4.46. The summed E-state index contributed by atoms with van der Waals surface area (Å²) in [6, 6.07) is 11.2. The van der Waals surface area contributed by atoms with Gasteiger partial charge in [0.25, 0.3) is 0 Å². The van der Waals surface area contributed by atoms with E-state index in [4.69, 9.17) is 0 Å². The number of hydrogen-bond donors (Lipinski definition) is 1. The summed E-state index contributed by atoms with van der Waals surface area (Å²) in [5.74, 6) is 0. The molecular weight excluding hydrogens is 264 g/mol. The Morgan fingerprint density at radius 2 is 1.95 bits per heavy atom. The zero-order valence-electron chi connectivity index (χ0n) is 12.6. The fourth-order valence-corrected chi connectivity index (χ4v) is 2.99. The molecule has 0 spiro atoms. The van der Waals surface area contributed by atoms with Crippen molar-refractivity contribution >= 4 is 11.8 Å². The highest BCUT2D eigenvalue weighted by atomic mass is 32.2. The number of aromatic nitrogens is 1. The van der Waals surface area contributed by atoms with Crippen LogP contribution >= 0.6 is 11.8 Å². The van der Waals surface area contributed by atoms with E-state index in [1.54, 1.807) is 11.8 Å². The topological polar surface area (TPSA) is 24.9 Å². The van der Waals surface area contributed by atoms with Crippen LogP contribution in [0.3, 0.4) is 0 Å². The number of rotatable bonds is 5. The first-order valence-corrected chi connectivity index (χ1v) is 7.86. The van der Waals surface area contributed by atoms with Crippen molar-refractivity contribution in [1.82, 2.24) is 10.3 Å². The van der Waals surface area contributed by atoms with Crippen LogP contribution in [0.25, 0.3) is 0 Å². The second-order valence-corrected chi connectivity index (χ2v) is 6.15. The zero-order chi connectivity index (χ0) is 14.5. The second kappa shape index (κ2) is 6.91. The highest BCUT2D eigenvalue weighted by Gasteiger charge is 2.06. The SMILES string of the molecule is CCNC(C)c1ccnc(Sc2ccc(C)c(C)c2)c1. The predicted octanol–water partition coefficient (Wildman–Crippen LogP) is 4.52. The van der Waals surface area contributed by atoms with Crippen LogP contribution in [0.4, 0.5) is 0 Å². The van der Waals surface area contributed by atoms with Gasteiger partial charge in [-0.25, -0.2) is 4.98 Å². The van der Waals surface area contributed by atoms with E-state index in [-0.39, 0.29) is 0 Å². The highest BCUT2D eigenvalue weighted by Crippen LogP contribution is 2.28. The Hall–Kier alpha value is -1.32. The standard InChI is InChI=1S/C17H22N2S/c1-5-18-14(4)15-8-9-19-17(11-15)20-16-7-6-12(2)13(3)10-16/h6-11,14,18H,5H2,1-4H3. The molecular formula is C17H22N2S. The minimum Gasteiger partial charge on any atom is -0.310 e. The smallest absolute Gasteiger partial charge is 0.101 e. The quantitative estimate of drug-likeness (QED) is 0.874. The molecule has 1 atom stereocenters. The van der Waals surface area contributed by atoms with Gasteiger partial charge in [0.1, 0.15) is 5.03 Å². The Morgan fingerprint density at radius 3 is 2.65 bits per heavy atom. The molecule has 1 N–H and O–H groups in total. The fraction of sp³-hybridized carbons (Fsp3) is 0.353. The molecule has 2 aromatic rings. The Balaban J connectivity index is 2.16. The van der Waals surface area contributed by atoms with Gasteiger partial charge in [0.05, 0.1) is 0 Å². The van der Waals surface area contributed by atoms with Gasteiger partial charge in [-0.15, -0.1) is 0 Å². The van der Waals surface area contributed by atoms with Gasteiger partial charge in [-0.2, -0.15) is 0 Å². The lowest BCUT2D eigenvalue weighted by Crippen LogP contribution is -2.17. The summed E-state index contributed by atoms with van der Waals surface area (Å²) in [5, 5.41) is 4.48. The molecule has 0 aliphatic carbocycles. The first-order valence-electron chi connectivity index (χ1n) is 7.04. The van der Waals surface area contributed by atoms with Crippen LogP contribution in [0.1, 0.15) is 36.6 Å². The van der Waals surface area contributed by atoms with Gasteiger partial charge in [0, 0.05) is 17.1 Å². The normalized spacial score (nSPS) is 12.4. The first-order chi connectivity index (χ1) is 9.60. The summed E-state index contributed by atoms with van der Waals surface area (Å²) < 4.78 is 0. The van der Waals surface area contributed by atoms with Crippen molar-refractivity contribution in [2.45, 2.75) is 43.7 Å². The largest absolute Gasteiger partial charge is 0.310 e. The number of aryl methyl sites for hydroxylation is 2. The molecule has 20 heavy (non-hydrogen) atoms. The van der Waals surface area contributed by atoms with E-state index in [0.717, 1.165) is 11.6 Å². The monoisotopic (exact) mass is 286 g/mol. The lowest BCUT2D eigenvalue weighted by Gasteiger charge is -2.13. The van der Waals surface area contributed by atoms with E-state index >= 15 is 0 Å². The Morgan fingerprint density at radius 1 is 1.15 bits per heavy atom. The molecule has 0 aliphatic heterocycles. The van der Waals surface area contributed by atoms with Crippen molar-refractivity contribution in [3.8, 4) is 0 Å². The van der Waals surface area contributed by atoms with Crippen LogP contribution in [0.5, 0.6) is 0 Å². The van der Waals surface area contributed by atoms with Crippen molar-refractivity contribution in [3.63, 3.8) is 0 Å². The second-order valence-electron chi connectivity index (χ2n) is 5.05. The van der Waals surface area contributed by atoms with Crippen LogP contribution in [0.15, 0.2) is 46.5 Å². The summed E-state index contributed by atoms with van der Waals surface area (Å²) >= 11 is 1.72. The van der Waals surface area contributed by atoms with Crippen molar-refractivity contribution in [3.05, 3.63) is 53.2 Å². The van der Waals surface area contributed by atoms with Crippen LogP contribution in [-0.2, 0) is 0 Å². The predicted molar refractivity (Wildman–Crippen MR) is 86.4 cm³/mol. The van der Waals surface area contributed by atoms with Gasteiger partial charge in [-0.05, 0) is 68.3 Å². The molecule has 0 aliphatic rings. The molecule has 0 radical (unpaired) electrons. The molecule has 3 heteroatoms. The van der Waals surface area contributed by atoms with Gasteiger partial charge < -0.3 is 5.32 Å². The molecule has 0 amide bonds. The summed E-state index contributed by atoms with van der Waals surface area (Å²) in [7, 11) is 0. The molecule has 0 saturated carbocycles. The lowest BCUT2D eigenvalue weighted by atomic mass is 10.1. The van der Waals surface area contributed by atoms with Gasteiger partial charge in [-0.1, -0.05) is 24.8 Å². The summed E-state index contributed by atoms with van der Waals surface area (Å²) in [6.45, 7) is 9.58. The summed E-state index contributed by atoms with van der Waals surface area (Å²) in [5.41, 5.74) is 3.94. The minimum atomic E-state index is 0.363. The molecule has 1 unspecified atom stereocenters. The Labute approximate surface area is 126 Å². The maximum Gasteiger partial charge on any atom is 0.101 e. The molecule has 2 rings (SSSR count). The number of pyridine rings is 1. The van der Waals surface area contributed by atoms with E-state index in [0.29, 0.717) is 6.04 Å². The highest BCUT2D eigenvalue weighted by molar-refractivity contribution is 7.99. The van der Waals surface area contributed by atoms with E-state index < -0.39 is 0 Å². The summed E-state index contributed by atoms with van der Waals surface area (Å²) in [6.07, 6.45) is 1.90. The molecule has 0 fully saturated rings. The first kappa shape index (κ1) is 15.1. The molecule has 2 nitrogen and oxygen atoms in total. The average Bonchev–Trinajstić information content (AvgIpc) is 2.43. The Bertz CT molecular complexity index is 581. The number of nitrogens with one attached hydrogen (secondary N) is 1. The molecule has 0 saturated heterocycles. The number of nitrogens with zero attached hydrogens (tertiary/aromatic N) is 1. The molecule has 106 valence electrons. The van der Waals surface area contributed by atoms with Crippen molar-refractivity contribution in [1.29, 1.82) is 0 Å². The average molecular weight is 286 g/mol. The van der Waals surface area contributed by atoms with Gasteiger partial charge in [0.15, 0.2) is 0 Å². The number of benzene rings is 1. The van der Waals surface area contributed by atoms with Gasteiger partial charge in [-0.3, -0.25) is 0 Å². The van der Waals surface area contributed by atoms with E-state index in [2.05, 4.69) is 68.3 Å². The van der Waals surface area contributed by atoms with E-state index in [9.17, 15) is 0 Å². The van der Waals surface area contributed by atoms with E-state index in [1.165, 1.54) is 21.6 Å². The van der Waals surface area contributed by atoms with Crippen LogP contribution in [0.2, 0.25) is 0 Å². The van der Waals surface area contributed by atoms with Crippen LogP contribution < -0.4 is 5.32 Å². The van der Waals surface area contributed by atoms with Crippen molar-refractivity contribution in [2.24, 2.45) is 0 Å². The van der Waals surface area contributed by atoms with Gasteiger partial charge >= 0.3 is 0 Å². The van der Waals surface area contributed by atoms with Crippen LogP contribution in [0, 0.1) is 13.8 Å². The molecule has 1 heterocycles. The molecule has 1 aromatic heterocycles. The lowest BCUT2D eigenvalue weighted by molar-refractivity contribution is 0.596. The number of hydrogen-bond acceptors (Lipinski definition) is 3. The fourth-order valence-electron chi connectivity index (χ4n) is 2.07. The van der Waals surface area contributed by atoms with Crippen LogP contribution in [-0.4, -0.2) is 11.5 Å². The zero-order valence-corrected chi connectivity index (χ0v) is 13.4. The van der Waals surface area contributed by atoms with Gasteiger partial charge in [0.2, 0.25) is 0 Å². The summed E-state index contributed by atoms with van der Waals surface area (Å²) in [4.78, 5) is 5.71. The molecule has 1 aromatic carbocycles. The maximum absolute atomic E-state index is 4.46. The third-order valence-corrected chi connectivity index (χ3v) is 4.39. The van der Waals surface area contributed by atoms with E-state index in [1.807, 2.05) is 6.20 Å². The van der Waals surface area contributed by atoms with Crippen molar-refractivity contribution in [2.75, 3.05) is 6.54 Å². The minimum absolute atomic E-state index is 0.363. The third kappa shape index (κ3) is 3.84. The third-order valence-electron chi connectivity index (χ3n) is 3.47. The van der Waals surface area contributed by atoms with Crippen molar-refractivity contribution < 1.29 is 0 Å². The molecule has 0 bridgehead atoms.